The minimum atomic E-state index is -3.71. The summed E-state index contributed by atoms with van der Waals surface area (Å²) in [6, 6.07) is 23.5. The van der Waals surface area contributed by atoms with E-state index >= 15 is 0 Å². The first-order chi connectivity index (χ1) is 19.8. The summed E-state index contributed by atoms with van der Waals surface area (Å²) in [6.45, 7) is 0. The Kier molecular flexibility index (Phi) is 10.3. The highest BCUT2D eigenvalue weighted by Crippen LogP contribution is 2.30. The molecule has 0 spiro atoms. The Morgan fingerprint density at radius 1 is 0.439 bits per heavy atom. The Hall–Kier alpha value is -3.97. The second-order valence-corrected chi connectivity index (χ2v) is 12.4. The molecule has 0 amide bonds. The summed E-state index contributed by atoms with van der Waals surface area (Å²) in [5.41, 5.74) is 3.02. The summed E-state index contributed by atoms with van der Waals surface area (Å²) in [5.74, 6) is 0.610. The van der Waals surface area contributed by atoms with E-state index < -0.39 is 9.84 Å². The predicted octanol–water partition coefficient (Wildman–Crippen LogP) is 7.25. The van der Waals surface area contributed by atoms with Crippen molar-refractivity contribution in [3.8, 4) is 23.0 Å². The molecule has 4 aromatic carbocycles. The smallest absolute Gasteiger partial charge is 0.207 e. The number of phenols is 4. The minimum Gasteiger partial charge on any atom is -0.508 e. The molecule has 0 aliphatic heterocycles. The van der Waals surface area contributed by atoms with Crippen molar-refractivity contribution >= 4 is 9.84 Å². The van der Waals surface area contributed by atoms with Crippen LogP contribution in [0.5, 0.6) is 23.0 Å². The maximum Gasteiger partial charge on any atom is 0.207 e. The van der Waals surface area contributed by atoms with E-state index in [9.17, 15) is 28.8 Å². The van der Waals surface area contributed by atoms with Gasteiger partial charge in [0.25, 0.3) is 0 Å². The third kappa shape index (κ3) is 8.04. The molecule has 0 atom stereocenters. The van der Waals surface area contributed by atoms with Crippen LogP contribution in [0.15, 0.2) is 94.7 Å². The van der Waals surface area contributed by atoms with Crippen molar-refractivity contribution in [2.45, 2.75) is 74.0 Å². The van der Waals surface area contributed by atoms with Crippen molar-refractivity contribution in [1.29, 1.82) is 0 Å². The molecule has 0 aliphatic rings. The zero-order chi connectivity index (χ0) is 29.2. The molecule has 0 radical (unpaired) electrons. The largest absolute Gasteiger partial charge is 0.508 e. The average molecular weight is 575 g/mol. The molecule has 0 saturated heterocycles. The van der Waals surface area contributed by atoms with E-state index in [-0.39, 0.29) is 23.0 Å². The van der Waals surface area contributed by atoms with Gasteiger partial charge in [0.1, 0.15) is 23.0 Å². The number of rotatable bonds is 14. The predicted molar refractivity (Wildman–Crippen MR) is 160 cm³/mol. The van der Waals surface area contributed by atoms with E-state index in [2.05, 4.69) is 0 Å². The summed E-state index contributed by atoms with van der Waals surface area (Å²) >= 11 is 0. The Labute approximate surface area is 242 Å². The minimum absolute atomic E-state index is 0.130. The molecule has 7 heteroatoms. The second-order valence-electron chi connectivity index (χ2n) is 10.5. The normalized spacial score (nSPS) is 11.5. The van der Waals surface area contributed by atoms with Crippen molar-refractivity contribution in [3.05, 3.63) is 107 Å². The molecule has 41 heavy (non-hydrogen) atoms. The summed E-state index contributed by atoms with van der Waals surface area (Å²) in [4.78, 5) is 0.690. The zero-order valence-electron chi connectivity index (χ0n) is 23.2. The first-order valence-electron chi connectivity index (χ1n) is 14.2. The van der Waals surface area contributed by atoms with E-state index in [1.165, 1.54) is 24.3 Å². The molecule has 4 N–H and O–H groups in total. The molecular formula is C34H38O6S. The van der Waals surface area contributed by atoms with E-state index in [1.54, 1.807) is 36.4 Å². The summed E-state index contributed by atoms with van der Waals surface area (Å²) in [7, 11) is -3.71. The first-order valence-corrected chi connectivity index (χ1v) is 15.7. The molecule has 0 heterocycles. The lowest BCUT2D eigenvalue weighted by Crippen LogP contribution is -2.09. The molecule has 4 rings (SSSR count). The van der Waals surface area contributed by atoms with Gasteiger partial charge in [0.2, 0.25) is 9.84 Å². The fourth-order valence-electron chi connectivity index (χ4n) is 5.22. The maximum absolute atomic E-state index is 13.9. The molecule has 216 valence electrons. The second kappa shape index (κ2) is 14.1. The van der Waals surface area contributed by atoms with Crippen molar-refractivity contribution in [1.82, 2.24) is 0 Å². The fourth-order valence-corrected chi connectivity index (χ4v) is 7.01. The molecule has 0 bridgehead atoms. The number of hydrogen-bond acceptors (Lipinski definition) is 6. The van der Waals surface area contributed by atoms with Crippen LogP contribution in [0.25, 0.3) is 0 Å². The third-order valence-corrected chi connectivity index (χ3v) is 9.39. The molecule has 0 aliphatic carbocycles. The summed E-state index contributed by atoms with van der Waals surface area (Å²) < 4.78 is 27.7. The molecular weight excluding hydrogens is 536 g/mol. The topological polar surface area (TPSA) is 115 Å². The lowest BCUT2D eigenvalue weighted by atomic mass is 10.0. The Bertz CT molecular complexity index is 1450. The molecule has 0 saturated carbocycles. The van der Waals surface area contributed by atoms with Gasteiger partial charge >= 0.3 is 0 Å². The highest BCUT2D eigenvalue weighted by atomic mass is 32.2. The van der Waals surface area contributed by atoms with Gasteiger partial charge in [-0.15, -0.1) is 0 Å². The molecule has 0 unspecified atom stereocenters. The van der Waals surface area contributed by atoms with Crippen molar-refractivity contribution in [2.75, 3.05) is 0 Å². The lowest BCUT2D eigenvalue weighted by Gasteiger charge is -2.14. The van der Waals surface area contributed by atoms with Crippen molar-refractivity contribution in [2.24, 2.45) is 0 Å². The zero-order valence-corrected chi connectivity index (χ0v) is 24.0. The average Bonchev–Trinajstić information content (AvgIpc) is 2.96. The van der Waals surface area contributed by atoms with Crippen LogP contribution in [0.1, 0.15) is 60.8 Å². The van der Waals surface area contributed by atoms with Gasteiger partial charge < -0.3 is 20.4 Å². The molecule has 4 aromatic rings. The van der Waals surface area contributed by atoms with Crippen LogP contribution in [0.2, 0.25) is 0 Å². The van der Waals surface area contributed by atoms with Crippen LogP contribution in [0.3, 0.4) is 0 Å². The van der Waals surface area contributed by atoms with Gasteiger partial charge in [-0.3, -0.25) is 0 Å². The van der Waals surface area contributed by atoms with Gasteiger partial charge in [-0.25, -0.2) is 8.42 Å². The van der Waals surface area contributed by atoms with E-state index in [0.717, 1.165) is 49.7 Å². The van der Waals surface area contributed by atoms with Gasteiger partial charge in [-0.1, -0.05) is 49.2 Å². The summed E-state index contributed by atoms with van der Waals surface area (Å²) in [5, 5.41) is 39.3. The number of aryl methyl sites for hydroxylation is 4. The Morgan fingerprint density at radius 3 is 1.22 bits per heavy atom. The van der Waals surface area contributed by atoms with Crippen LogP contribution in [-0.4, -0.2) is 28.8 Å². The number of hydrogen-bond donors (Lipinski definition) is 4. The number of phenolic OH excluding ortho intramolecular Hbond substituents is 4. The van der Waals surface area contributed by atoms with E-state index in [4.69, 9.17) is 0 Å². The van der Waals surface area contributed by atoms with Gasteiger partial charge in [0.15, 0.2) is 0 Å². The monoisotopic (exact) mass is 574 g/mol. The van der Waals surface area contributed by atoms with Crippen molar-refractivity contribution in [3.63, 3.8) is 0 Å². The van der Waals surface area contributed by atoms with Gasteiger partial charge in [0.05, 0.1) is 9.79 Å². The highest BCUT2D eigenvalue weighted by molar-refractivity contribution is 7.91. The van der Waals surface area contributed by atoms with Crippen LogP contribution >= 0.6 is 0 Å². The molecule has 0 fully saturated rings. The standard InChI is InChI=1S/C34H38O6S/c35-29-19-21-31(37)27(23-29)15-5-1-3-11-25-13-7-9-17-33(25)41(39,40)34-18-10-8-14-26(34)12-4-2-6-16-28-24-30(36)20-22-32(28)38/h7-10,13-14,17-24,35-38H,1-6,11-12,15-16H2. The highest BCUT2D eigenvalue weighted by Gasteiger charge is 2.23. The number of sulfone groups is 1. The maximum atomic E-state index is 13.9. The lowest BCUT2D eigenvalue weighted by molar-refractivity contribution is 0.452. The van der Waals surface area contributed by atoms with E-state index in [0.29, 0.717) is 46.6 Å². The van der Waals surface area contributed by atoms with Crippen molar-refractivity contribution < 1.29 is 28.8 Å². The quantitative estimate of drug-likeness (QED) is 0.0931. The van der Waals surface area contributed by atoms with E-state index in [1.807, 2.05) is 24.3 Å². The number of aromatic hydroxyl groups is 4. The Morgan fingerprint density at radius 2 is 0.805 bits per heavy atom. The molecule has 0 aromatic heterocycles. The van der Waals surface area contributed by atoms with Crippen LogP contribution in [0, 0.1) is 0 Å². The van der Waals surface area contributed by atoms with Gasteiger partial charge in [-0.2, -0.15) is 0 Å². The number of benzene rings is 4. The van der Waals surface area contributed by atoms with Crippen LogP contribution < -0.4 is 0 Å². The summed E-state index contributed by atoms with van der Waals surface area (Å²) in [6.07, 6.45) is 7.52. The third-order valence-electron chi connectivity index (χ3n) is 7.43. The van der Waals surface area contributed by atoms with Crippen LogP contribution in [0.4, 0.5) is 0 Å². The van der Waals surface area contributed by atoms with Crippen LogP contribution in [-0.2, 0) is 35.5 Å². The number of unbranched alkanes of at least 4 members (excludes halogenated alkanes) is 4. The van der Waals surface area contributed by atoms with Gasteiger partial charge in [0, 0.05) is 0 Å². The first kappa shape index (κ1) is 30.0. The molecule has 6 nitrogen and oxygen atoms in total. The fraction of sp³-hybridized carbons (Fsp3) is 0.294. The SMILES string of the molecule is O=S(=O)(c1ccccc1CCCCCc1cc(O)ccc1O)c1ccccc1CCCCCc1cc(O)ccc1O. The Balaban J connectivity index is 1.35. The van der Waals surface area contributed by atoms with Gasteiger partial charge in [-0.05, 0) is 122 Å².